The number of aliphatic hydroxyl groups is 1. The molecule has 0 amide bonds. The Kier molecular flexibility index (Phi) is 3.56. The van der Waals surface area contributed by atoms with E-state index < -0.39 is 12.1 Å². The van der Waals surface area contributed by atoms with Gasteiger partial charge in [-0.15, -0.1) is 0 Å². The standard InChI is InChI=1S/C15H14N4O3/c1-9(12-6-7-16-15-17-8-18-19(12)15)10-4-2-3-5-11(10)13(20)14(21)22/h2-9,13,20H,1H3,(H,21,22). The lowest BCUT2D eigenvalue weighted by atomic mass is 9.90. The van der Waals surface area contributed by atoms with Crippen LogP contribution in [0.2, 0.25) is 0 Å². The highest BCUT2D eigenvalue weighted by Gasteiger charge is 2.23. The van der Waals surface area contributed by atoms with Gasteiger partial charge in [0.15, 0.2) is 6.10 Å². The van der Waals surface area contributed by atoms with Crippen molar-refractivity contribution in [1.82, 2.24) is 19.6 Å². The Hall–Kier alpha value is -2.80. The molecular formula is C15H14N4O3. The van der Waals surface area contributed by atoms with Gasteiger partial charge in [0.1, 0.15) is 6.33 Å². The summed E-state index contributed by atoms with van der Waals surface area (Å²) in [5.74, 6) is -0.988. The van der Waals surface area contributed by atoms with E-state index in [9.17, 15) is 9.90 Å². The normalized spacial score (nSPS) is 13.9. The second-order valence-electron chi connectivity index (χ2n) is 4.93. The van der Waals surface area contributed by atoms with Crippen molar-refractivity contribution in [1.29, 1.82) is 0 Å². The molecule has 0 saturated carbocycles. The maximum absolute atomic E-state index is 11.1. The first-order chi connectivity index (χ1) is 10.6. The molecule has 0 aliphatic carbocycles. The number of nitrogens with zero attached hydrogens (tertiary/aromatic N) is 4. The quantitative estimate of drug-likeness (QED) is 0.755. The molecule has 2 atom stereocenters. The smallest absolute Gasteiger partial charge is 0.337 e. The molecule has 0 aliphatic heterocycles. The molecule has 0 aliphatic rings. The molecule has 22 heavy (non-hydrogen) atoms. The molecule has 3 rings (SSSR count). The number of fused-ring (bicyclic) bond motifs is 1. The number of carboxylic acid groups (broad SMARTS) is 1. The zero-order valence-corrected chi connectivity index (χ0v) is 11.8. The number of rotatable bonds is 4. The van der Waals surface area contributed by atoms with Gasteiger partial charge in [-0.05, 0) is 17.2 Å². The van der Waals surface area contributed by atoms with Crippen molar-refractivity contribution >= 4 is 11.7 Å². The zero-order valence-electron chi connectivity index (χ0n) is 11.8. The third-order valence-electron chi connectivity index (χ3n) is 3.64. The lowest BCUT2D eigenvalue weighted by molar-refractivity contribution is -0.147. The molecule has 1 aromatic carbocycles. The Labute approximate surface area is 125 Å². The van der Waals surface area contributed by atoms with Crippen LogP contribution in [-0.2, 0) is 4.79 Å². The van der Waals surface area contributed by atoms with E-state index in [4.69, 9.17) is 5.11 Å². The van der Waals surface area contributed by atoms with E-state index in [0.717, 1.165) is 11.3 Å². The van der Waals surface area contributed by atoms with Gasteiger partial charge < -0.3 is 10.2 Å². The van der Waals surface area contributed by atoms with Gasteiger partial charge >= 0.3 is 5.97 Å². The van der Waals surface area contributed by atoms with Crippen molar-refractivity contribution < 1.29 is 15.0 Å². The molecule has 2 N–H and O–H groups in total. The van der Waals surface area contributed by atoms with Crippen molar-refractivity contribution in [2.24, 2.45) is 0 Å². The van der Waals surface area contributed by atoms with E-state index in [1.54, 1.807) is 35.0 Å². The lowest BCUT2D eigenvalue weighted by Gasteiger charge is -2.18. The Bertz CT molecular complexity index is 830. The van der Waals surface area contributed by atoms with Crippen LogP contribution in [0.1, 0.15) is 35.8 Å². The summed E-state index contributed by atoms with van der Waals surface area (Å²) in [7, 11) is 0. The summed E-state index contributed by atoms with van der Waals surface area (Å²) in [6, 6.07) is 8.73. The van der Waals surface area contributed by atoms with Crippen molar-refractivity contribution in [3.8, 4) is 0 Å². The van der Waals surface area contributed by atoms with Crippen LogP contribution in [-0.4, -0.2) is 35.8 Å². The number of hydrogen-bond acceptors (Lipinski definition) is 5. The number of carboxylic acids is 1. The number of benzene rings is 1. The Morgan fingerprint density at radius 1 is 1.18 bits per heavy atom. The second-order valence-corrected chi connectivity index (χ2v) is 4.93. The number of aliphatic hydroxyl groups excluding tert-OH is 1. The molecule has 0 saturated heterocycles. The molecule has 7 heteroatoms. The summed E-state index contributed by atoms with van der Waals surface area (Å²) in [4.78, 5) is 19.2. The fourth-order valence-corrected chi connectivity index (χ4v) is 2.53. The fraction of sp³-hybridized carbons (Fsp3) is 0.200. The average molecular weight is 298 g/mol. The van der Waals surface area contributed by atoms with E-state index in [2.05, 4.69) is 15.1 Å². The maximum Gasteiger partial charge on any atom is 0.337 e. The highest BCUT2D eigenvalue weighted by atomic mass is 16.4. The van der Waals surface area contributed by atoms with Gasteiger partial charge in [-0.3, -0.25) is 0 Å². The lowest BCUT2D eigenvalue weighted by Crippen LogP contribution is -2.15. The summed E-state index contributed by atoms with van der Waals surface area (Å²) < 4.78 is 1.61. The predicted molar refractivity (Wildman–Crippen MR) is 77.3 cm³/mol. The monoisotopic (exact) mass is 298 g/mol. The molecule has 7 nitrogen and oxygen atoms in total. The summed E-state index contributed by atoms with van der Waals surface area (Å²) in [5, 5.41) is 23.1. The zero-order chi connectivity index (χ0) is 15.7. The van der Waals surface area contributed by atoms with Gasteiger partial charge in [-0.1, -0.05) is 31.2 Å². The van der Waals surface area contributed by atoms with E-state index in [-0.39, 0.29) is 5.92 Å². The Balaban J connectivity index is 2.11. The molecule has 3 aromatic rings. The first kappa shape index (κ1) is 14.2. The number of hydrogen-bond donors (Lipinski definition) is 2. The van der Waals surface area contributed by atoms with Crippen LogP contribution in [0.15, 0.2) is 42.9 Å². The van der Waals surface area contributed by atoms with E-state index in [1.807, 2.05) is 13.0 Å². The fourth-order valence-electron chi connectivity index (χ4n) is 2.53. The van der Waals surface area contributed by atoms with Crippen molar-refractivity contribution in [2.45, 2.75) is 18.9 Å². The first-order valence-electron chi connectivity index (χ1n) is 6.74. The molecule has 0 radical (unpaired) electrons. The molecule has 0 spiro atoms. The topological polar surface area (TPSA) is 101 Å². The number of aliphatic carboxylic acids is 1. The van der Waals surface area contributed by atoms with Crippen LogP contribution in [0.5, 0.6) is 0 Å². The average Bonchev–Trinajstić information content (AvgIpc) is 3.02. The van der Waals surface area contributed by atoms with Crippen molar-refractivity contribution in [3.05, 3.63) is 59.7 Å². The first-order valence-corrected chi connectivity index (χ1v) is 6.74. The molecular weight excluding hydrogens is 284 g/mol. The van der Waals surface area contributed by atoms with Crippen LogP contribution in [0.3, 0.4) is 0 Å². The van der Waals surface area contributed by atoms with Gasteiger partial charge in [-0.2, -0.15) is 10.1 Å². The minimum absolute atomic E-state index is 0.183. The van der Waals surface area contributed by atoms with E-state index in [0.29, 0.717) is 11.3 Å². The SMILES string of the molecule is CC(c1ccccc1C(O)C(=O)O)c1ccnc2ncnn12. The van der Waals surface area contributed by atoms with Crippen molar-refractivity contribution in [3.63, 3.8) is 0 Å². The second kappa shape index (κ2) is 5.53. The maximum atomic E-state index is 11.1. The van der Waals surface area contributed by atoms with Gasteiger partial charge in [0.2, 0.25) is 0 Å². The largest absolute Gasteiger partial charge is 0.479 e. The summed E-state index contributed by atoms with van der Waals surface area (Å²) in [5.41, 5.74) is 1.90. The summed E-state index contributed by atoms with van der Waals surface area (Å²) >= 11 is 0. The highest BCUT2D eigenvalue weighted by molar-refractivity contribution is 5.74. The van der Waals surface area contributed by atoms with E-state index in [1.165, 1.54) is 6.33 Å². The van der Waals surface area contributed by atoms with Crippen LogP contribution in [0.4, 0.5) is 0 Å². The minimum atomic E-state index is -1.56. The van der Waals surface area contributed by atoms with Gasteiger partial charge in [0.25, 0.3) is 5.78 Å². The number of carbonyl (C=O) groups is 1. The van der Waals surface area contributed by atoms with E-state index >= 15 is 0 Å². The van der Waals surface area contributed by atoms with Gasteiger partial charge in [-0.25, -0.2) is 14.3 Å². The van der Waals surface area contributed by atoms with Crippen molar-refractivity contribution in [2.75, 3.05) is 0 Å². The summed E-state index contributed by atoms with van der Waals surface area (Å²) in [6.45, 7) is 1.92. The predicted octanol–water partition coefficient (Wildman–Crippen LogP) is 1.39. The number of aromatic nitrogens is 4. The molecule has 0 fully saturated rings. The third-order valence-corrected chi connectivity index (χ3v) is 3.64. The van der Waals surface area contributed by atoms with Crippen LogP contribution in [0.25, 0.3) is 5.78 Å². The highest BCUT2D eigenvalue weighted by Crippen LogP contribution is 2.30. The summed E-state index contributed by atoms with van der Waals surface area (Å²) in [6.07, 6.45) is 1.48. The molecule has 2 unspecified atom stereocenters. The van der Waals surface area contributed by atoms with Gasteiger partial charge in [0.05, 0.1) is 5.69 Å². The van der Waals surface area contributed by atoms with Crippen LogP contribution >= 0.6 is 0 Å². The molecule has 2 aromatic heterocycles. The Morgan fingerprint density at radius 3 is 2.64 bits per heavy atom. The Morgan fingerprint density at radius 2 is 1.91 bits per heavy atom. The minimum Gasteiger partial charge on any atom is -0.479 e. The van der Waals surface area contributed by atoms with Crippen LogP contribution in [0, 0.1) is 0 Å². The molecule has 112 valence electrons. The van der Waals surface area contributed by atoms with Crippen LogP contribution < -0.4 is 0 Å². The third kappa shape index (κ3) is 2.31. The molecule has 0 bridgehead atoms. The molecule has 2 heterocycles. The van der Waals surface area contributed by atoms with Gasteiger partial charge in [0, 0.05) is 12.1 Å².